The second kappa shape index (κ2) is 35.6. The summed E-state index contributed by atoms with van der Waals surface area (Å²) in [6.07, 6.45) is 47.2. The van der Waals surface area contributed by atoms with E-state index in [0.717, 1.165) is 57.8 Å². The van der Waals surface area contributed by atoms with Crippen molar-refractivity contribution in [3.05, 3.63) is 36.5 Å². The molecule has 0 radical (unpaired) electrons. The smallest absolute Gasteiger partial charge is 0.306 e. The number of rotatable bonds is 34. The first-order valence-electron chi connectivity index (χ1n) is 18.9. The lowest BCUT2D eigenvalue weighted by atomic mass is 10.0. The van der Waals surface area contributed by atoms with Crippen LogP contribution in [0.4, 0.5) is 0 Å². The number of unbranched alkanes of at least 4 members (excludes halogenated alkanes) is 21. The Labute approximate surface area is 273 Å². The molecule has 4 heteroatoms. The van der Waals surface area contributed by atoms with Crippen LogP contribution in [0.2, 0.25) is 0 Å². The highest BCUT2D eigenvalue weighted by molar-refractivity contribution is 5.69. The van der Waals surface area contributed by atoms with E-state index in [2.05, 4.69) is 50.3 Å². The van der Waals surface area contributed by atoms with E-state index in [-0.39, 0.29) is 12.1 Å². The van der Waals surface area contributed by atoms with Crippen LogP contribution in [0.3, 0.4) is 0 Å². The molecule has 0 aromatic carbocycles. The highest BCUT2D eigenvalue weighted by atomic mass is 16.5. The minimum atomic E-state index is -0.666. The van der Waals surface area contributed by atoms with E-state index >= 15 is 0 Å². The third-order valence-electron chi connectivity index (χ3n) is 8.37. The van der Waals surface area contributed by atoms with Gasteiger partial charge in [-0.25, -0.2) is 0 Å². The number of carbonyl (C=O) groups excluding carboxylic acids is 1. The maximum absolute atomic E-state index is 12.2. The largest absolute Gasteiger partial charge is 0.481 e. The molecule has 0 saturated heterocycles. The lowest BCUT2D eigenvalue weighted by molar-refractivity contribution is -0.148. The number of hydrogen-bond acceptors (Lipinski definition) is 3. The van der Waals surface area contributed by atoms with Gasteiger partial charge < -0.3 is 9.84 Å². The molecule has 1 atom stereocenters. The molecule has 256 valence electrons. The topological polar surface area (TPSA) is 63.6 Å². The predicted octanol–water partition coefficient (Wildman–Crippen LogP) is 13.0. The quantitative estimate of drug-likeness (QED) is 0.0444. The van der Waals surface area contributed by atoms with Crippen molar-refractivity contribution in [2.24, 2.45) is 0 Å². The third kappa shape index (κ3) is 36.4. The van der Waals surface area contributed by atoms with E-state index in [0.29, 0.717) is 12.8 Å². The Bertz CT molecular complexity index is 708. The fourth-order valence-electron chi connectivity index (χ4n) is 5.59. The number of carboxylic acids is 1. The van der Waals surface area contributed by atoms with Gasteiger partial charge in [0.25, 0.3) is 0 Å². The van der Waals surface area contributed by atoms with E-state index < -0.39 is 5.97 Å². The van der Waals surface area contributed by atoms with Crippen molar-refractivity contribution >= 4 is 11.9 Å². The van der Waals surface area contributed by atoms with Gasteiger partial charge in [-0.15, -0.1) is 0 Å². The molecule has 1 N–H and O–H groups in total. The fraction of sp³-hybridized carbons (Fsp3) is 0.800. The zero-order valence-corrected chi connectivity index (χ0v) is 29.2. The van der Waals surface area contributed by atoms with Gasteiger partial charge in [-0.1, -0.05) is 159 Å². The summed E-state index contributed by atoms with van der Waals surface area (Å²) >= 11 is 0. The van der Waals surface area contributed by atoms with Crippen LogP contribution in [-0.4, -0.2) is 23.1 Å². The van der Waals surface area contributed by atoms with E-state index in [4.69, 9.17) is 9.84 Å². The number of hydrogen-bond donors (Lipinski definition) is 1. The third-order valence-corrected chi connectivity index (χ3v) is 8.37. The van der Waals surface area contributed by atoms with Gasteiger partial charge in [-0.05, 0) is 64.7 Å². The second-order valence-corrected chi connectivity index (χ2v) is 12.8. The number of aliphatic carboxylic acids is 1. The van der Waals surface area contributed by atoms with E-state index in [1.165, 1.54) is 116 Å². The Balaban J connectivity index is 3.34. The summed E-state index contributed by atoms with van der Waals surface area (Å²) in [5.74, 6) is -0.673. The van der Waals surface area contributed by atoms with Gasteiger partial charge in [0.1, 0.15) is 0 Å². The Morgan fingerprint density at radius 3 is 1.39 bits per heavy atom. The van der Waals surface area contributed by atoms with Crippen molar-refractivity contribution in [2.45, 2.75) is 206 Å². The van der Waals surface area contributed by atoms with Crippen LogP contribution in [0.15, 0.2) is 36.5 Å². The minimum absolute atomic E-state index is 0.00713. The number of carboxylic acid groups (broad SMARTS) is 1. The van der Waals surface area contributed by atoms with Crippen molar-refractivity contribution < 1.29 is 19.4 Å². The molecule has 0 aromatic heterocycles. The molecule has 4 nitrogen and oxygen atoms in total. The molecule has 1 unspecified atom stereocenters. The van der Waals surface area contributed by atoms with Crippen molar-refractivity contribution in [1.82, 2.24) is 0 Å². The Hall–Kier alpha value is -1.84. The average molecular weight is 617 g/mol. The van der Waals surface area contributed by atoms with E-state index in [1.807, 2.05) is 0 Å². The van der Waals surface area contributed by atoms with Crippen LogP contribution in [0, 0.1) is 0 Å². The van der Waals surface area contributed by atoms with Gasteiger partial charge in [0.15, 0.2) is 0 Å². The Morgan fingerprint density at radius 1 is 0.523 bits per heavy atom. The Kier molecular flexibility index (Phi) is 34.1. The van der Waals surface area contributed by atoms with Crippen LogP contribution in [0.5, 0.6) is 0 Å². The van der Waals surface area contributed by atoms with Crippen molar-refractivity contribution in [1.29, 1.82) is 0 Å². The van der Waals surface area contributed by atoms with Gasteiger partial charge in [0.05, 0.1) is 6.10 Å². The maximum Gasteiger partial charge on any atom is 0.306 e. The maximum atomic E-state index is 12.2. The molecule has 0 bridgehead atoms. The molecule has 44 heavy (non-hydrogen) atoms. The first-order chi connectivity index (χ1) is 21.6. The molecule has 0 amide bonds. The molecule has 0 aliphatic carbocycles. The predicted molar refractivity (Wildman–Crippen MR) is 190 cm³/mol. The molecule has 0 aromatic rings. The summed E-state index contributed by atoms with van der Waals surface area (Å²) in [6, 6.07) is 0. The first kappa shape index (κ1) is 42.2. The molecular formula is C40H72O4. The van der Waals surface area contributed by atoms with Crippen LogP contribution in [0.25, 0.3) is 0 Å². The van der Waals surface area contributed by atoms with Crippen LogP contribution in [0.1, 0.15) is 200 Å². The SMILES string of the molecule is CC/C=C\C/C=C\C/C=C\CCCCCCCCCC(=O)OC(C)CCCCCCCCCCCCCCCCCC(=O)O. The molecule has 0 heterocycles. The van der Waals surface area contributed by atoms with E-state index in [1.54, 1.807) is 0 Å². The molecular weight excluding hydrogens is 544 g/mol. The van der Waals surface area contributed by atoms with Gasteiger partial charge >= 0.3 is 11.9 Å². The van der Waals surface area contributed by atoms with Gasteiger partial charge in [-0.2, -0.15) is 0 Å². The second-order valence-electron chi connectivity index (χ2n) is 12.8. The molecule has 0 rings (SSSR count). The molecule has 0 aliphatic rings. The zero-order valence-electron chi connectivity index (χ0n) is 29.2. The summed E-state index contributed by atoms with van der Waals surface area (Å²) in [5, 5.41) is 8.64. The van der Waals surface area contributed by atoms with Crippen molar-refractivity contribution in [2.75, 3.05) is 0 Å². The van der Waals surface area contributed by atoms with Gasteiger partial charge in [0, 0.05) is 12.8 Å². The monoisotopic (exact) mass is 617 g/mol. The molecule has 0 aliphatic heterocycles. The Morgan fingerprint density at radius 2 is 0.909 bits per heavy atom. The summed E-state index contributed by atoms with van der Waals surface area (Å²) in [4.78, 5) is 22.6. The number of ether oxygens (including phenoxy) is 1. The van der Waals surface area contributed by atoms with Gasteiger partial charge in [-0.3, -0.25) is 9.59 Å². The van der Waals surface area contributed by atoms with Crippen molar-refractivity contribution in [3.8, 4) is 0 Å². The average Bonchev–Trinajstić information content (AvgIpc) is 3.00. The standard InChI is InChI=1S/C40H72O4/c1-3-4-5-6-7-8-9-10-11-12-16-19-22-25-28-31-34-37-40(43)44-38(2)35-32-29-26-23-20-17-14-13-15-18-21-24-27-30-33-36-39(41)42/h4-5,7-8,10-11,38H,3,6,9,12-37H2,1-2H3,(H,41,42)/b5-4-,8-7-,11-10-. The number of carbonyl (C=O) groups is 2. The first-order valence-corrected chi connectivity index (χ1v) is 18.9. The lowest BCUT2D eigenvalue weighted by Gasteiger charge is -2.13. The molecule has 0 saturated carbocycles. The number of allylic oxidation sites excluding steroid dienone is 6. The van der Waals surface area contributed by atoms with Crippen LogP contribution < -0.4 is 0 Å². The molecule has 0 fully saturated rings. The summed E-state index contributed by atoms with van der Waals surface area (Å²) in [5.41, 5.74) is 0. The summed E-state index contributed by atoms with van der Waals surface area (Å²) in [6.45, 7) is 4.22. The summed E-state index contributed by atoms with van der Waals surface area (Å²) < 4.78 is 5.64. The van der Waals surface area contributed by atoms with Crippen molar-refractivity contribution in [3.63, 3.8) is 0 Å². The highest BCUT2D eigenvalue weighted by Gasteiger charge is 2.09. The zero-order chi connectivity index (χ0) is 32.2. The normalized spacial score (nSPS) is 12.6. The number of esters is 1. The highest BCUT2D eigenvalue weighted by Crippen LogP contribution is 2.16. The fourth-order valence-corrected chi connectivity index (χ4v) is 5.59. The minimum Gasteiger partial charge on any atom is -0.481 e. The van der Waals surface area contributed by atoms with Crippen LogP contribution >= 0.6 is 0 Å². The van der Waals surface area contributed by atoms with Crippen LogP contribution in [-0.2, 0) is 14.3 Å². The molecule has 0 spiro atoms. The van der Waals surface area contributed by atoms with E-state index in [9.17, 15) is 9.59 Å². The van der Waals surface area contributed by atoms with Gasteiger partial charge in [0.2, 0.25) is 0 Å². The lowest BCUT2D eigenvalue weighted by Crippen LogP contribution is -2.14. The summed E-state index contributed by atoms with van der Waals surface area (Å²) in [7, 11) is 0.